The van der Waals surface area contributed by atoms with Gasteiger partial charge in [-0.25, -0.2) is 0 Å². The maximum atomic E-state index is 11.5. The highest BCUT2D eigenvalue weighted by Crippen LogP contribution is 2.64. The molecule has 0 bridgehead atoms. The van der Waals surface area contributed by atoms with Crippen molar-refractivity contribution < 1.29 is 9.53 Å². The Kier molecular flexibility index (Phi) is 5.06. The minimum atomic E-state index is -0.140. The van der Waals surface area contributed by atoms with Gasteiger partial charge in [-0.1, -0.05) is 55.3 Å². The molecule has 6 atom stereocenters. The van der Waals surface area contributed by atoms with E-state index in [9.17, 15) is 4.79 Å². The second-order valence-corrected chi connectivity index (χ2v) is 12.0. The number of hydrogen-bond acceptors (Lipinski definition) is 3. The van der Waals surface area contributed by atoms with Crippen LogP contribution in [0.3, 0.4) is 0 Å². The lowest BCUT2D eigenvalue weighted by atomic mass is 9.47. The van der Waals surface area contributed by atoms with Gasteiger partial charge in [-0.2, -0.15) is 0 Å². The van der Waals surface area contributed by atoms with Crippen LogP contribution in [0.5, 0.6) is 0 Å². The molecule has 178 valence electrons. The Morgan fingerprint density at radius 2 is 1.79 bits per heavy atom. The molecule has 0 aliphatic heterocycles. The maximum absolute atomic E-state index is 11.5. The molecule has 34 heavy (non-hydrogen) atoms. The molecule has 4 aliphatic carbocycles. The summed E-state index contributed by atoms with van der Waals surface area (Å²) in [6.07, 6.45) is 12.8. The maximum Gasteiger partial charge on any atom is 0.302 e. The Bertz CT molecular complexity index is 1160. The summed E-state index contributed by atoms with van der Waals surface area (Å²) in [5, 5.41) is 0. The van der Waals surface area contributed by atoms with Crippen LogP contribution < -0.4 is 0 Å². The summed E-state index contributed by atoms with van der Waals surface area (Å²) in [4.78, 5) is 16.4. The Morgan fingerprint density at radius 3 is 2.56 bits per heavy atom. The van der Waals surface area contributed by atoms with Crippen LogP contribution in [0.4, 0.5) is 0 Å². The van der Waals surface area contributed by atoms with Gasteiger partial charge in [-0.15, -0.1) is 0 Å². The van der Waals surface area contributed by atoms with Gasteiger partial charge < -0.3 is 4.74 Å². The SMILES string of the molecule is CC(=O)O[C@H]1CC[C@@]2(C)C(=CC[C@@H]3[C@@H]2CC[C@]2(C)c4cc(-c5ccc(C)cc5)ncc4C[C@@H]32)C1. The molecule has 3 nitrogen and oxygen atoms in total. The topological polar surface area (TPSA) is 39.2 Å². The fourth-order valence-electron chi connectivity index (χ4n) is 8.29. The largest absolute Gasteiger partial charge is 0.462 e. The van der Waals surface area contributed by atoms with Crippen molar-refractivity contribution in [3.05, 3.63) is 64.9 Å². The molecule has 2 saturated carbocycles. The molecule has 6 rings (SSSR count). The fraction of sp³-hybridized carbons (Fsp3) is 0.548. The van der Waals surface area contributed by atoms with E-state index in [-0.39, 0.29) is 22.9 Å². The fourth-order valence-corrected chi connectivity index (χ4v) is 8.29. The van der Waals surface area contributed by atoms with Gasteiger partial charge in [0, 0.05) is 25.1 Å². The zero-order chi connectivity index (χ0) is 23.7. The van der Waals surface area contributed by atoms with Crippen molar-refractivity contribution in [2.24, 2.45) is 23.2 Å². The highest BCUT2D eigenvalue weighted by atomic mass is 16.5. The molecule has 1 aromatic heterocycles. The highest BCUT2D eigenvalue weighted by molar-refractivity contribution is 5.66. The van der Waals surface area contributed by atoms with Crippen molar-refractivity contribution in [2.45, 2.75) is 84.2 Å². The summed E-state index contributed by atoms with van der Waals surface area (Å²) < 4.78 is 5.62. The summed E-state index contributed by atoms with van der Waals surface area (Å²) >= 11 is 0. The quantitative estimate of drug-likeness (QED) is 0.363. The van der Waals surface area contributed by atoms with Gasteiger partial charge in [0.1, 0.15) is 6.10 Å². The van der Waals surface area contributed by atoms with E-state index in [0.29, 0.717) is 5.92 Å². The molecule has 2 fully saturated rings. The Hall–Kier alpha value is -2.42. The first-order valence-electron chi connectivity index (χ1n) is 13.2. The van der Waals surface area contributed by atoms with E-state index in [1.54, 1.807) is 11.1 Å². The number of aromatic nitrogens is 1. The zero-order valence-electron chi connectivity index (χ0n) is 21.1. The van der Waals surface area contributed by atoms with E-state index < -0.39 is 0 Å². The van der Waals surface area contributed by atoms with Crippen LogP contribution in [0.1, 0.15) is 76.0 Å². The number of ether oxygens (including phenoxy) is 1. The van der Waals surface area contributed by atoms with Crippen molar-refractivity contribution in [1.29, 1.82) is 0 Å². The number of rotatable bonds is 2. The molecule has 1 aromatic carbocycles. The number of carbonyl (C=O) groups excluding carboxylic acids is 1. The van der Waals surface area contributed by atoms with Gasteiger partial charge in [-0.3, -0.25) is 9.78 Å². The molecule has 1 heterocycles. The second kappa shape index (κ2) is 7.80. The number of benzene rings is 1. The summed E-state index contributed by atoms with van der Waals surface area (Å²) in [5.74, 6) is 2.02. The third-order valence-corrected chi connectivity index (χ3v) is 10.2. The molecule has 4 aliphatic rings. The van der Waals surface area contributed by atoms with Crippen LogP contribution >= 0.6 is 0 Å². The molecule has 0 spiro atoms. The van der Waals surface area contributed by atoms with Crippen LogP contribution in [0.2, 0.25) is 0 Å². The van der Waals surface area contributed by atoms with Crippen molar-refractivity contribution in [2.75, 3.05) is 0 Å². The van der Waals surface area contributed by atoms with Crippen LogP contribution in [0, 0.1) is 30.1 Å². The number of fused-ring (bicyclic) bond motifs is 7. The molecule has 0 unspecified atom stereocenters. The number of nitrogens with zero attached hydrogens (tertiary/aromatic N) is 1. The molecular formula is C31H37NO2. The minimum Gasteiger partial charge on any atom is -0.462 e. The molecular weight excluding hydrogens is 418 g/mol. The summed E-state index contributed by atoms with van der Waals surface area (Å²) in [6, 6.07) is 11.2. The normalized spacial score (nSPS) is 35.9. The van der Waals surface area contributed by atoms with Gasteiger partial charge in [-0.05, 0) is 91.2 Å². The predicted octanol–water partition coefficient (Wildman–Crippen LogP) is 6.97. The van der Waals surface area contributed by atoms with Crippen molar-refractivity contribution >= 4 is 5.97 Å². The third kappa shape index (κ3) is 3.30. The lowest BCUT2D eigenvalue weighted by molar-refractivity contribution is -0.148. The Morgan fingerprint density at radius 1 is 1.03 bits per heavy atom. The van der Waals surface area contributed by atoms with E-state index in [2.05, 4.69) is 63.4 Å². The van der Waals surface area contributed by atoms with Gasteiger partial charge in [0.05, 0.1) is 5.69 Å². The number of allylic oxidation sites excluding steroid dienone is 1. The zero-order valence-corrected chi connectivity index (χ0v) is 21.1. The van der Waals surface area contributed by atoms with Gasteiger partial charge in [0.15, 0.2) is 0 Å². The van der Waals surface area contributed by atoms with E-state index >= 15 is 0 Å². The van der Waals surface area contributed by atoms with E-state index in [0.717, 1.165) is 36.8 Å². The van der Waals surface area contributed by atoms with Crippen molar-refractivity contribution in [3.63, 3.8) is 0 Å². The monoisotopic (exact) mass is 455 g/mol. The number of esters is 1. The van der Waals surface area contributed by atoms with Crippen LogP contribution in [0.25, 0.3) is 11.3 Å². The molecule has 0 N–H and O–H groups in total. The lowest BCUT2D eigenvalue weighted by Gasteiger charge is -2.57. The molecule has 0 saturated heterocycles. The van der Waals surface area contributed by atoms with Crippen molar-refractivity contribution in [1.82, 2.24) is 4.98 Å². The average Bonchev–Trinajstić information content (AvgIpc) is 3.11. The van der Waals surface area contributed by atoms with Gasteiger partial charge in [0.2, 0.25) is 0 Å². The number of hydrogen-bond donors (Lipinski definition) is 0. The summed E-state index contributed by atoms with van der Waals surface area (Å²) in [5.41, 5.74) is 8.73. The van der Waals surface area contributed by atoms with Crippen LogP contribution in [-0.2, 0) is 21.4 Å². The molecule has 0 radical (unpaired) electrons. The molecule has 3 heteroatoms. The third-order valence-electron chi connectivity index (χ3n) is 10.2. The molecule has 0 amide bonds. The highest BCUT2D eigenvalue weighted by Gasteiger charge is 2.57. The number of aryl methyl sites for hydroxylation is 1. The van der Waals surface area contributed by atoms with Crippen LogP contribution in [0.15, 0.2) is 48.2 Å². The first-order chi connectivity index (χ1) is 16.3. The standard InChI is InChI=1S/C31H37NO2/c1-19-5-7-21(8-6-19)29-17-27-22(18-32-29)15-28-25-10-9-23-16-24(34-20(2)33)11-13-30(23,3)26(25)12-14-31(27,28)4/h5-9,17-18,24-26,28H,10-16H2,1-4H3/t24-,25+,26-,28-,30-,31+/m0/s1. The lowest BCUT2D eigenvalue weighted by Crippen LogP contribution is -2.51. The summed E-state index contributed by atoms with van der Waals surface area (Å²) in [6.45, 7) is 8.73. The van der Waals surface area contributed by atoms with E-state index in [1.807, 2.05) is 0 Å². The number of pyridine rings is 1. The summed E-state index contributed by atoms with van der Waals surface area (Å²) in [7, 11) is 0. The first kappa shape index (κ1) is 22.1. The minimum absolute atomic E-state index is 0.0734. The second-order valence-electron chi connectivity index (χ2n) is 12.0. The van der Waals surface area contributed by atoms with Gasteiger partial charge >= 0.3 is 5.97 Å². The Labute approximate surface area is 204 Å². The Balaban J connectivity index is 1.30. The van der Waals surface area contributed by atoms with E-state index in [4.69, 9.17) is 9.72 Å². The van der Waals surface area contributed by atoms with Crippen LogP contribution in [-0.4, -0.2) is 17.1 Å². The smallest absolute Gasteiger partial charge is 0.302 e. The average molecular weight is 456 g/mol. The number of carbonyl (C=O) groups is 1. The molecule has 2 aromatic rings. The van der Waals surface area contributed by atoms with E-state index in [1.165, 1.54) is 49.3 Å². The van der Waals surface area contributed by atoms with Crippen molar-refractivity contribution in [3.8, 4) is 11.3 Å². The predicted molar refractivity (Wildman–Crippen MR) is 135 cm³/mol. The first-order valence-corrected chi connectivity index (χ1v) is 13.2. The van der Waals surface area contributed by atoms with Gasteiger partial charge in [0.25, 0.3) is 0 Å².